The molecule has 0 amide bonds. The normalized spacial score (nSPS) is 12.4. The SMILES string of the molecule is CCCNCC(CC)N(CC)c1ccccc1C. The molecule has 0 aliphatic carbocycles. The fraction of sp³-hybridized carbons (Fsp3) is 0.625. The minimum Gasteiger partial charge on any atom is -0.367 e. The number of anilines is 1. The largest absolute Gasteiger partial charge is 0.367 e. The van der Waals surface area contributed by atoms with Crippen LogP contribution in [0.2, 0.25) is 0 Å². The maximum Gasteiger partial charge on any atom is 0.0411 e. The molecule has 0 saturated heterocycles. The minimum absolute atomic E-state index is 0.586. The molecule has 0 radical (unpaired) electrons. The van der Waals surface area contributed by atoms with E-state index in [1.807, 2.05) is 0 Å². The molecule has 0 saturated carbocycles. The van der Waals surface area contributed by atoms with Crippen molar-refractivity contribution >= 4 is 5.69 Å². The first-order chi connectivity index (χ1) is 8.74. The number of likely N-dealkylation sites (N-methyl/N-ethyl adjacent to an activating group) is 1. The van der Waals surface area contributed by atoms with Crippen molar-refractivity contribution in [1.29, 1.82) is 0 Å². The highest BCUT2D eigenvalue weighted by Gasteiger charge is 2.16. The number of benzene rings is 1. The lowest BCUT2D eigenvalue weighted by Gasteiger charge is -2.33. The van der Waals surface area contributed by atoms with Crippen LogP contribution in [-0.4, -0.2) is 25.7 Å². The summed E-state index contributed by atoms with van der Waals surface area (Å²) in [5.74, 6) is 0. The van der Waals surface area contributed by atoms with E-state index in [4.69, 9.17) is 0 Å². The van der Waals surface area contributed by atoms with Crippen molar-refractivity contribution in [3.05, 3.63) is 29.8 Å². The molecule has 1 N–H and O–H groups in total. The Hall–Kier alpha value is -1.02. The summed E-state index contributed by atoms with van der Waals surface area (Å²) in [5, 5.41) is 3.55. The monoisotopic (exact) mass is 248 g/mol. The second-order valence-electron chi connectivity index (χ2n) is 4.84. The van der Waals surface area contributed by atoms with Crippen molar-refractivity contribution in [3.8, 4) is 0 Å². The lowest BCUT2D eigenvalue weighted by atomic mass is 10.1. The zero-order valence-electron chi connectivity index (χ0n) is 12.4. The predicted octanol–water partition coefficient (Wildman–Crippen LogP) is 3.60. The molecule has 1 unspecified atom stereocenters. The Kier molecular flexibility index (Phi) is 6.81. The first-order valence-electron chi connectivity index (χ1n) is 7.27. The Labute approximate surface area is 112 Å². The second-order valence-corrected chi connectivity index (χ2v) is 4.84. The van der Waals surface area contributed by atoms with Gasteiger partial charge in [0, 0.05) is 24.8 Å². The first kappa shape index (κ1) is 15.0. The minimum atomic E-state index is 0.586. The van der Waals surface area contributed by atoms with Gasteiger partial charge in [0.2, 0.25) is 0 Å². The second kappa shape index (κ2) is 8.15. The van der Waals surface area contributed by atoms with Crippen molar-refractivity contribution in [2.24, 2.45) is 0 Å². The van der Waals surface area contributed by atoms with E-state index in [2.05, 4.69) is 62.2 Å². The number of hydrogen-bond acceptors (Lipinski definition) is 2. The highest BCUT2D eigenvalue weighted by Crippen LogP contribution is 2.22. The molecule has 2 nitrogen and oxygen atoms in total. The van der Waals surface area contributed by atoms with E-state index in [9.17, 15) is 0 Å². The van der Waals surface area contributed by atoms with Gasteiger partial charge in [0.25, 0.3) is 0 Å². The Morgan fingerprint density at radius 2 is 1.89 bits per heavy atom. The van der Waals surface area contributed by atoms with E-state index >= 15 is 0 Å². The molecule has 0 aliphatic rings. The van der Waals surface area contributed by atoms with Crippen LogP contribution in [0.5, 0.6) is 0 Å². The van der Waals surface area contributed by atoms with Crippen LogP contribution in [-0.2, 0) is 0 Å². The molecule has 0 spiro atoms. The van der Waals surface area contributed by atoms with Gasteiger partial charge >= 0.3 is 0 Å². The van der Waals surface area contributed by atoms with Crippen LogP contribution in [0.15, 0.2) is 24.3 Å². The molecule has 0 aliphatic heterocycles. The highest BCUT2D eigenvalue weighted by atomic mass is 15.2. The fourth-order valence-corrected chi connectivity index (χ4v) is 2.43. The van der Waals surface area contributed by atoms with Crippen molar-refractivity contribution < 1.29 is 0 Å². The van der Waals surface area contributed by atoms with E-state index in [-0.39, 0.29) is 0 Å². The zero-order valence-corrected chi connectivity index (χ0v) is 12.4. The lowest BCUT2D eigenvalue weighted by Crippen LogP contribution is -2.42. The van der Waals surface area contributed by atoms with E-state index in [0.717, 1.165) is 19.6 Å². The third-order valence-corrected chi connectivity index (χ3v) is 3.48. The summed E-state index contributed by atoms with van der Waals surface area (Å²) < 4.78 is 0. The number of para-hydroxylation sites is 1. The number of rotatable bonds is 8. The average molecular weight is 248 g/mol. The van der Waals surface area contributed by atoms with Gasteiger partial charge in [-0.15, -0.1) is 0 Å². The smallest absolute Gasteiger partial charge is 0.0411 e. The topological polar surface area (TPSA) is 15.3 Å². The lowest BCUT2D eigenvalue weighted by molar-refractivity contribution is 0.523. The summed E-state index contributed by atoms with van der Waals surface area (Å²) in [4.78, 5) is 2.53. The molecule has 102 valence electrons. The summed E-state index contributed by atoms with van der Waals surface area (Å²) in [7, 11) is 0. The fourth-order valence-electron chi connectivity index (χ4n) is 2.43. The van der Waals surface area contributed by atoms with Gasteiger partial charge in [-0.2, -0.15) is 0 Å². The van der Waals surface area contributed by atoms with E-state index in [1.54, 1.807) is 0 Å². The van der Waals surface area contributed by atoms with Gasteiger partial charge in [-0.3, -0.25) is 0 Å². The summed E-state index contributed by atoms with van der Waals surface area (Å²) in [6.45, 7) is 12.2. The molecule has 1 atom stereocenters. The van der Waals surface area contributed by atoms with Crippen LogP contribution in [0.25, 0.3) is 0 Å². The number of aryl methyl sites for hydroxylation is 1. The zero-order chi connectivity index (χ0) is 13.4. The van der Waals surface area contributed by atoms with E-state index in [0.29, 0.717) is 6.04 Å². The van der Waals surface area contributed by atoms with Crippen LogP contribution in [0, 0.1) is 6.92 Å². The van der Waals surface area contributed by atoms with Crippen LogP contribution in [0.4, 0.5) is 5.69 Å². The standard InChI is InChI=1S/C16H28N2/c1-5-12-17-13-15(6-2)18(7-3)16-11-9-8-10-14(16)4/h8-11,15,17H,5-7,12-13H2,1-4H3. The van der Waals surface area contributed by atoms with Gasteiger partial charge in [0.05, 0.1) is 0 Å². The Morgan fingerprint density at radius 1 is 1.17 bits per heavy atom. The maximum absolute atomic E-state index is 3.55. The molecule has 0 bridgehead atoms. The summed E-state index contributed by atoms with van der Waals surface area (Å²) in [6.07, 6.45) is 2.38. The van der Waals surface area contributed by atoms with Crippen LogP contribution < -0.4 is 10.2 Å². The Balaban J connectivity index is 2.76. The molecular weight excluding hydrogens is 220 g/mol. The molecule has 0 fully saturated rings. The summed E-state index contributed by atoms with van der Waals surface area (Å²) in [6, 6.07) is 9.27. The highest BCUT2D eigenvalue weighted by molar-refractivity contribution is 5.53. The van der Waals surface area contributed by atoms with Crippen molar-refractivity contribution in [2.75, 3.05) is 24.5 Å². The third kappa shape index (κ3) is 4.02. The molecule has 0 heterocycles. The molecule has 1 aromatic carbocycles. The van der Waals surface area contributed by atoms with Crippen LogP contribution in [0.1, 0.15) is 39.2 Å². The molecule has 0 aromatic heterocycles. The van der Waals surface area contributed by atoms with Gasteiger partial charge in [-0.05, 0) is 44.9 Å². The molecule has 1 rings (SSSR count). The molecule has 18 heavy (non-hydrogen) atoms. The quantitative estimate of drug-likeness (QED) is 0.707. The first-order valence-corrected chi connectivity index (χ1v) is 7.27. The van der Waals surface area contributed by atoms with Crippen LogP contribution in [0.3, 0.4) is 0 Å². The summed E-state index contributed by atoms with van der Waals surface area (Å²) >= 11 is 0. The third-order valence-electron chi connectivity index (χ3n) is 3.48. The Bertz CT molecular complexity index is 336. The van der Waals surface area contributed by atoms with Gasteiger partial charge in [-0.25, -0.2) is 0 Å². The van der Waals surface area contributed by atoms with Gasteiger partial charge in [-0.1, -0.05) is 32.0 Å². The number of hydrogen-bond donors (Lipinski definition) is 1. The van der Waals surface area contributed by atoms with Gasteiger partial charge in [0.15, 0.2) is 0 Å². The maximum atomic E-state index is 3.55. The van der Waals surface area contributed by atoms with E-state index in [1.165, 1.54) is 24.1 Å². The van der Waals surface area contributed by atoms with Gasteiger partial charge < -0.3 is 10.2 Å². The number of nitrogens with one attached hydrogen (secondary N) is 1. The Morgan fingerprint density at radius 3 is 2.44 bits per heavy atom. The van der Waals surface area contributed by atoms with Gasteiger partial charge in [0.1, 0.15) is 0 Å². The van der Waals surface area contributed by atoms with E-state index < -0.39 is 0 Å². The molecule has 2 heteroatoms. The average Bonchev–Trinajstić information content (AvgIpc) is 2.39. The summed E-state index contributed by atoms with van der Waals surface area (Å²) in [5.41, 5.74) is 2.75. The van der Waals surface area contributed by atoms with Crippen LogP contribution >= 0.6 is 0 Å². The van der Waals surface area contributed by atoms with Crippen molar-refractivity contribution in [2.45, 2.75) is 46.6 Å². The predicted molar refractivity (Wildman–Crippen MR) is 81.4 cm³/mol. The molecular formula is C16H28N2. The van der Waals surface area contributed by atoms with Crippen molar-refractivity contribution in [1.82, 2.24) is 5.32 Å². The van der Waals surface area contributed by atoms with Crippen molar-refractivity contribution in [3.63, 3.8) is 0 Å². The number of nitrogens with zero attached hydrogens (tertiary/aromatic N) is 1. The molecule has 1 aromatic rings.